The summed E-state index contributed by atoms with van der Waals surface area (Å²) in [5, 5.41) is 0. The molecule has 0 atom stereocenters. The molecule has 0 saturated heterocycles. The highest BCUT2D eigenvalue weighted by atomic mass is 32.2. The second kappa shape index (κ2) is 6.29. The van der Waals surface area contributed by atoms with Gasteiger partial charge in [0.15, 0.2) is 0 Å². The topological polar surface area (TPSA) is 107 Å². The molecule has 0 amide bonds. The molecule has 120 valence electrons. The minimum atomic E-state index is -4.59. The molecular weight excluding hydrogens is 312 g/mol. The van der Waals surface area contributed by atoms with Gasteiger partial charge in [-0.25, -0.2) is 9.59 Å². The maximum Gasteiger partial charge on any atom is 0.342 e. The average Bonchev–Trinajstić information content (AvgIpc) is 2.36. The Morgan fingerprint density at radius 1 is 1.18 bits per heavy atom. The summed E-state index contributed by atoms with van der Waals surface area (Å²) in [6, 6.07) is 4.96. The lowest BCUT2D eigenvalue weighted by Crippen LogP contribution is -2.34. The van der Waals surface area contributed by atoms with Crippen molar-refractivity contribution in [3.8, 4) is 0 Å². The first kappa shape index (κ1) is 17.9. The van der Waals surface area contributed by atoms with Crippen molar-refractivity contribution in [2.24, 2.45) is 0 Å². The van der Waals surface area contributed by atoms with Crippen LogP contribution in [0.1, 0.15) is 31.1 Å². The van der Waals surface area contributed by atoms with E-state index in [0.29, 0.717) is 0 Å². The molecule has 0 unspecified atom stereocenters. The fourth-order valence-electron chi connectivity index (χ4n) is 1.47. The summed E-state index contributed by atoms with van der Waals surface area (Å²) in [5.41, 5.74) is -0.257. The maximum atomic E-state index is 12.1. The standard InChI is InChI=1S/C14H16O7S/c1-9(2)12(15)20-14(3,4)21-13(16)10-7-5-6-8-11(10)22(17,18)19/h5-8H,1H2,2-4H3,(H,17,18,19). The maximum absolute atomic E-state index is 12.1. The first-order valence-corrected chi connectivity index (χ1v) is 7.57. The lowest BCUT2D eigenvalue weighted by atomic mass is 10.2. The van der Waals surface area contributed by atoms with E-state index in [1.54, 1.807) is 0 Å². The van der Waals surface area contributed by atoms with Crippen LogP contribution in [0.3, 0.4) is 0 Å². The molecule has 0 fully saturated rings. The van der Waals surface area contributed by atoms with E-state index in [0.717, 1.165) is 6.07 Å². The second-order valence-corrected chi connectivity index (χ2v) is 6.32. The first-order chi connectivity index (χ1) is 9.94. The molecule has 8 heteroatoms. The van der Waals surface area contributed by atoms with Crippen molar-refractivity contribution in [3.05, 3.63) is 42.0 Å². The van der Waals surface area contributed by atoms with Gasteiger partial charge in [-0.3, -0.25) is 4.55 Å². The van der Waals surface area contributed by atoms with E-state index in [2.05, 4.69) is 6.58 Å². The molecule has 0 bridgehead atoms. The zero-order valence-electron chi connectivity index (χ0n) is 12.3. The van der Waals surface area contributed by atoms with Crippen LogP contribution in [0.5, 0.6) is 0 Å². The SMILES string of the molecule is C=C(C)C(=O)OC(C)(C)OC(=O)c1ccccc1S(=O)(=O)O. The quantitative estimate of drug-likeness (QED) is 0.381. The molecule has 0 aliphatic carbocycles. The predicted octanol–water partition coefficient (Wildman–Crippen LogP) is 1.95. The Labute approximate surface area is 128 Å². The third kappa shape index (κ3) is 4.68. The lowest BCUT2D eigenvalue weighted by Gasteiger charge is -2.25. The average molecular weight is 328 g/mol. The smallest absolute Gasteiger partial charge is 0.342 e. The van der Waals surface area contributed by atoms with E-state index in [4.69, 9.17) is 14.0 Å². The number of carbonyl (C=O) groups is 2. The van der Waals surface area contributed by atoms with E-state index >= 15 is 0 Å². The van der Waals surface area contributed by atoms with Crippen LogP contribution in [0.4, 0.5) is 0 Å². The third-order valence-corrected chi connectivity index (χ3v) is 3.32. The van der Waals surface area contributed by atoms with Crippen molar-refractivity contribution in [1.82, 2.24) is 0 Å². The number of carbonyl (C=O) groups excluding carboxylic acids is 2. The lowest BCUT2D eigenvalue weighted by molar-refractivity contribution is -0.191. The van der Waals surface area contributed by atoms with Crippen molar-refractivity contribution in [2.75, 3.05) is 0 Å². The van der Waals surface area contributed by atoms with Crippen LogP contribution < -0.4 is 0 Å². The van der Waals surface area contributed by atoms with Gasteiger partial charge in [0, 0.05) is 19.4 Å². The molecule has 0 spiro atoms. The monoisotopic (exact) mass is 328 g/mol. The van der Waals surface area contributed by atoms with E-state index in [9.17, 15) is 18.0 Å². The second-order valence-electron chi connectivity index (χ2n) is 4.93. The summed E-state index contributed by atoms with van der Waals surface area (Å²) in [4.78, 5) is 22.9. The summed E-state index contributed by atoms with van der Waals surface area (Å²) >= 11 is 0. The van der Waals surface area contributed by atoms with Crippen LogP contribution in [-0.2, 0) is 24.4 Å². The number of ether oxygens (including phenoxy) is 2. The molecule has 0 aliphatic rings. The van der Waals surface area contributed by atoms with Crippen LogP contribution >= 0.6 is 0 Å². The van der Waals surface area contributed by atoms with Gasteiger partial charge in [0.2, 0.25) is 0 Å². The number of benzene rings is 1. The molecule has 0 radical (unpaired) electrons. The largest absolute Gasteiger partial charge is 0.420 e. The van der Waals surface area contributed by atoms with E-state index in [1.165, 1.54) is 39.0 Å². The van der Waals surface area contributed by atoms with Gasteiger partial charge in [0.25, 0.3) is 15.9 Å². The van der Waals surface area contributed by atoms with Gasteiger partial charge < -0.3 is 9.47 Å². The summed E-state index contributed by atoms with van der Waals surface area (Å²) in [6.07, 6.45) is 0. The minimum absolute atomic E-state index is 0.113. The fourth-order valence-corrected chi connectivity index (χ4v) is 2.15. The van der Waals surface area contributed by atoms with Crippen LogP contribution in [0, 0.1) is 0 Å². The van der Waals surface area contributed by atoms with Gasteiger partial charge in [0.1, 0.15) is 4.90 Å². The van der Waals surface area contributed by atoms with Crippen LogP contribution in [0.2, 0.25) is 0 Å². The molecule has 7 nitrogen and oxygen atoms in total. The zero-order valence-corrected chi connectivity index (χ0v) is 13.1. The third-order valence-electron chi connectivity index (χ3n) is 2.41. The van der Waals surface area contributed by atoms with Gasteiger partial charge >= 0.3 is 11.9 Å². The Morgan fingerprint density at radius 3 is 2.23 bits per heavy atom. The summed E-state index contributed by atoms with van der Waals surface area (Å²) in [7, 11) is -4.59. The summed E-state index contributed by atoms with van der Waals surface area (Å²) < 4.78 is 41.5. The van der Waals surface area contributed by atoms with Crippen molar-refractivity contribution in [3.63, 3.8) is 0 Å². The van der Waals surface area contributed by atoms with Gasteiger partial charge in [-0.1, -0.05) is 18.7 Å². The molecule has 1 rings (SSSR count). The summed E-state index contributed by atoms with van der Waals surface area (Å²) in [5.74, 6) is -3.46. The summed E-state index contributed by atoms with van der Waals surface area (Å²) in [6.45, 7) is 7.43. The van der Waals surface area contributed by atoms with Crippen molar-refractivity contribution in [1.29, 1.82) is 0 Å². The molecule has 0 aromatic heterocycles. The van der Waals surface area contributed by atoms with Crippen LogP contribution in [0.15, 0.2) is 41.3 Å². The Balaban J connectivity index is 3.04. The number of esters is 2. The molecular formula is C14H16O7S. The van der Waals surface area contributed by atoms with Crippen molar-refractivity contribution < 1.29 is 32.0 Å². The van der Waals surface area contributed by atoms with Gasteiger partial charge in [0.05, 0.1) is 5.56 Å². The van der Waals surface area contributed by atoms with Crippen LogP contribution in [0.25, 0.3) is 0 Å². The zero-order chi connectivity index (χ0) is 17.1. The molecule has 0 heterocycles. The molecule has 0 aliphatic heterocycles. The van der Waals surface area contributed by atoms with Gasteiger partial charge in [-0.2, -0.15) is 8.42 Å². The number of hydrogen-bond donors (Lipinski definition) is 1. The van der Waals surface area contributed by atoms with E-state index < -0.39 is 32.7 Å². The highest BCUT2D eigenvalue weighted by Crippen LogP contribution is 2.21. The van der Waals surface area contributed by atoms with Crippen molar-refractivity contribution >= 4 is 22.1 Å². The highest BCUT2D eigenvalue weighted by Gasteiger charge is 2.30. The Morgan fingerprint density at radius 2 is 1.73 bits per heavy atom. The number of hydrogen-bond acceptors (Lipinski definition) is 6. The molecule has 0 saturated carbocycles. The van der Waals surface area contributed by atoms with Crippen molar-refractivity contribution in [2.45, 2.75) is 31.5 Å². The highest BCUT2D eigenvalue weighted by molar-refractivity contribution is 7.86. The van der Waals surface area contributed by atoms with Gasteiger partial charge in [-0.05, 0) is 19.1 Å². The Bertz CT molecular complexity index is 716. The van der Waals surface area contributed by atoms with E-state index in [1.807, 2.05) is 0 Å². The fraction of sp³-hybridized carbons (Fsp3) is 0.286. The molecule has 22 heavy (non-hydrogen) atoms. The van der Waals surface area contributed by atoms with Gasteiger partial charge in [-0.15, -0.1) is 0 Å². The predicted molar refractivity (Wildman–Crippen MR) is 76.7 cm³/mol. The van der Waals surface area contributed by atoms with Crippen LogP contribution in [-0.4, -0.2) is 30.7 Å². The first-order valence-electron chi connectivity index (χ1n) is 6.13. The number of rotatable bonds is 5. The molecule has 1 N–H and O–H groups in total. The normalized spacial score (nSPS) is 11.6. The van der Waals surface area contributed by atoms with E-state index in [-0.39, 0.29) is 11.1 Å². The molecule has 1 aromatic rings. The molecule has 1 aromatic carbocycles. The Hall–Kier alpha value is -2.19. The minimum Gasteiger partial charge on any atom is -0.420 e. The Kier molecular flexibility index (Phi) is 5.10.